The minimum Gasteiger partial charge on any atom is -0.493 e. The van der Waals surface area contributed by atoms with Gasteiger partial charge in [0.15, 0.2) is 16.6 Å². The normalized spacial score (nSPS) is 15.3. The van der Waals surface area contributed by atoms with Crippen LogP contribution in [0, 0.1) is 5.82 Å². The van der Waals surface area contributed by atoms with Crippen LogP contribution in [0.15, 0.2) is 36.4 Å². The topological polar surface area (TPSA) is 52.2 Å². The molecule has 0 aromatic heterocycles. The Morgan fingerprint density at radius 1 is 1.13 bits per heavy atom. The molecule has 0 fully saturated rings. The standard InChI is InChI=1S/C22H27FN2O4S/c1-26-11-9-24-22(30)25-10-8-15-12-20(27-2)21(28-3)13-18(15)19(25)14-29-17-6-4-16(23)5-7-17/h4-7,12-13,19H,8-11,14H2,1-3H3,(H,24,30)/t19-/m0/s1. The van der Waals surface area contributed by atoms with E-state index < -0.39 is 0 Å². The van der Waals surface area contributed by atoms with Gasteiger partial charge in [0, 0.05) is 20.2 Å². The van der Waals surface area contributed by atoms with Gasteiger partial charge in [-0.3, -0.25) is 0 Å². The number of benzene rings is 2. The molecule has 6 nitrogen and oxygen atoms in total. The summed E-state index contributed by atoms with van der Waals surface area (Å²) < 4.78 is 35.3. The van der Waals surface area contributed by atoms with E-state index in [4.69, 9.17) is 31.2 Å². The molecular weight excluding hydrogens is 407 g/mol. The summed E-state index contributed by atoms with van der Waals surface area (Å²) in [5.41, 5.74) is 2.23. The third kappa shape index (κ3) is 5.12. The van der Waals surface area contributed by atoms with Crippen molar-refractivity contribution in [1.82, 2.24) is 10.2 Å². The van der Waals surface area contributed by atoms with Gasteiger partial charge >= 0.3 is 0 Å². The van der Waals surface area contributed by atoms with Gasteiger partial charge in [-0.1, -0.05) is 0 Å². The molecule has 1 N–H and O–H groups in total. The lowest BCUT2D eigenvalue weighted by molar-refractivity contribution is 0.182. The van der Waals surface area contributed by atoms with Gasteiger partial charge in [0.2, 0.25) is 0 Å². The summed E-state index contributed by atoms with van der Waals surface area (Å²) in [7, 11) is 4.90. The molecule has 0 aliphatic carbocycles. The highest BCUT2D eigenvalue weighted by atomic mass is 32.1. The molecule has 30 heavy (non-hydrogen) atoms. The van der Waals surface area contributed by atoms with Crippen molar-refractivity contribution in [2.75, 3.05) is 47.6 Å². The summed E-state index contributed by atoms with van der Waals surface area (Å²) in [6.07, 6.45) is 0.814. The number of hydrogen-bond acceptors (Lipinski definition) is 5. The largest absolute Gasteiger partial charge is 0.493 e. The van der Waals surface area contributed by atoms with Crippen LogP contribution in [0.1, 0.15) is 17.2 Å². The Hall–Kier alpha value is -2.58. The zero-order chi connectivity index (χ0) is 21.5. The van der Waals surface area contributed by atoms with Gasteiger partial charge in [-0.25, -0.2) is 4.39 Å². The Labute approximate surface area is 181 Å². The lowest BCUT2D eigenvalue weighted by Crippen LogP contribution is -2.47. The summed E-state index contributed by atoms with van der Waals surface area (Å²) in [5.74, 6) is 1.65. The molecule has 1 aliphatic heterocycles. The zero-order valence-electron chi connectivity index (χ0n) is 17.4. The monoisotopic (exact) mass is 434 g/mol. The van der Waals surface area contributed by atoms with Gasteiger partial charge in [-0.05, 0) is 66.2 Å². The Kier molecular flexibility index (Phi) is 7.70. The van der Waals surface area contributed by atoms with E-state index in [9.17, 15) is 4.39 Å². The molecule has 0 bridgehead atoms. The van der Waals surface area contributed by atoms with E-state index in [-0.39, 0.29) is 11.9 Å². The summed E-state index contributed by atoms with van der Waals surface area (Å²) >= 11 is 5.65. The van der Waals surface area contributed by atoms with Gasteiger partial charge < -0.3 is 29.2 Å². The number of thiocarbonyl (C=S) groups is 1. The summed E-state index contributed by atoms with van der Waals surface area (Å²) in [4.78, 5) is 2.11. The molecule has 2 aromatic carbocycles. The molecular formula is C22H27FN2O4S. The van der Waals surface area contributed by atoms with Crippen LogP contribution in [-0.2, 0) is 11.2 Å². The number of ether oxygens (including phenoxy) is 4. The van der Waals surface area contributed by atoms with E-state index in [0.29, 0.717) is 42.1 Å². The number of halogens is 1. The smallest absolute Gasteiger partial charge is 0.169 e. The van der Waals surface area contributed by atoms with Crippen molar-refractivity contribution < 1.29 is 23.3 Å². The summed E-state index contributed by atoms with van der Waals surface area (Å²) in [6, 6.07) is 9.86. The van der Waals surface area contributed by atoms with Crippen LogP contribution in [0.5, 0.6) is 17.2 Å². The van der Waals surface area contributed by atoms with Crippen LogP contribution >= 0.6 is 12.2 Å². The van der Waals surface area contributed by atoms with Crippen molar-refractivity contribution >= 4 is 17.3 Å². The van der Waals surface area contributed by atoms with Gasteiger partial charge in [-0.2, -0.15) is 0 Å². The van der Waals surface area contributed by atoms with Crippen molar-refractivity contribution in [3.63, 3.8) is 0 Å². The number of hydrogen-bond donors (Lipinski definition) is 1. The average Bonchev–Trinajstić information content (AvgIpc) is 2.77. The maximum absolute atomic E-state index is 13.2. The molecule has 1 heterocycles. The minimum atomic E-state index is -0.299. The minimum absolute atomic E-state index is 0.138. The first-order valence-electron chi connectivity index (χ1n) is 9.74. The van der Waals surface area contributed by atoms with E-state index in [1.54, 1.807) is 33.5 Å². The number of nitrogens with zero attached hydrogens (tertiary/aromatic N) is 1. The van der Waals surface area contributed by atoms with Crippen molar-refractivity contribution in [2.24, 2.45) is 0 Å². The second kappa shape index (κ2) is 10.4. The molecule has 8 heteroatoms. The van der Waals surface area contributed by atoms with E-state index in [1.165, 1.54) is 12.1 Å². The van der Waals surface area contributed by atoms with Gasteiger partial charge in [-0.15, -0.1) is 0 Å². The first-order valence-corrected chi connectivity index (χ1v) is 10.1. The van der Waals surface area contributed by atoms with E-state index in [1.807, 2.05) is 12.1 Å². The molecule has 1 atom stereocenters. The predicted molar refractivity (Wildman–Crippen MR) is 117 cm³/mol. The third-order valence-electron chi connectivity index (χ3n) is 5.07. The maximum atomic E-state index is 13.2. The van der Waals surface area contributed by atoms with Crippen LogP contribution in [0.2, 0.25) is 0 Å². The first-order chi connectivity index (χ1) is 14.6. The van der Waals surface area contributed by atoms with Crippen molar-refractivity contribution in [3.8, 4) is 17.2 Å². The molecule has 2 aromatic rings. The highest BCUT2D eigenvalue weighted by Crippen LogP contribution is 2.38. The SMILES string of the molecule is COCCNC(=S)N1CCc2cc(OC)c(OC)cc2[C@@H]1COc1ccc(F)cc1. The molecule has 0 amide bonds. The predicted octanol–water partition coefficient (Wildman–Crippen LogP) is 3.34. The molecule has 3 rings (SSSR count). The fourth-order valence-corrected chi connectivity index (χ4v) is 3.84. The van der Waals surface area contributed by atoms with Gasteiger partial charge in [0.05, 0.1) is 26.9 Å². The van der Waals surface area contributed by atoms with Crippen LogP contribution < -0.4 is 19.5 Å². The van der Waals surface area contributed by atoms with Crippen LogP contribution in [0.3, 0.4) is 0 Å². The number of rotatable bonds is 8. The van der Waals surface area contributed by atoms with Crippen LogP contribution in [-0.4, -0.2) is 57.6 Å². The first kappa shape index (κ1) is 22.1. The van der Waals surface area contributed by atoms with Gasteiger partial charge in [0.1, 0.15) is 18.2 Å². The molecule has 0 spiro atoms. The maximum Gasteiger partial charge on any atom is 0.169 e. The molecule has 0 saturated carbocycles. The van der Waals surface area contributed by atoms with Crippen LogP contribution in [0.4, 0.5) is 4.39 Å². The van der Waals surface area contributed by atoms with Crippen molar-refractivity contribution in [2.45, 2.75) is 12.5 Å². The fourth-order valence-electron chi connectivity index (χ4n) is 3.52. The second-order valence-electron chi connectivity index (χ2n) is 6.85. The van der Waals surface area contributed by atoms with E-state index in [0.717, 1.165) is 24.1 Å². The Morgan fingerprint density at radius 3 is 2.50 bits per heavy atom. The molecule has 0 radical (unpaired) electrons. The molecule has 162 valence electrons. The van der Waals surface area contributed by atoms with Crippen LogP contribution in [0.25, 0.3) is 0 Å². The van der Waals surface area contributed by atoms with E-state index in [2.05, 4.69) is 10.2 Å². The number of fused-ring (bicyclic) bond motifs is 1. The third-order valence-corrected chi connectivity index (χ3v) is 5.45. The Balaban J connectivity index is 1.88. The molecule has 0 saturated heterocycles. The average molecular weight is 435 g/mol. The zero-order valence-corrected chi connectivity index (χ0v) is 18.3. The van der Waals surface area contributed by atoms with Gasteiger partial charge in [0.25, 0.3) is 0 Å². The number of methoxy groups -OCH3 is 3. The number of nitrogens with one attached hydrogen (secondary N) is 1. The molecule has 0 unspecified atom stereocenters. The Bertz CT molecular complexity index is 863. The van der Waals surface area contributed by atoms with E-state index >= 15 is 0 Å². The fraction of sp³-hybridized carbons (Fsp3) is 0.409. The second-order valence-corrected chi connectivity index (χ2v) is 7.24. The lowest BCUT2D eigenvalue weighted by atomic mass is 9.92. The summed E-state index contributed by atoms with van der Waals surface area (Å²) in [5, 5.41) is 3.88. The van der Waals surface area contributed by atoms with Crippen molar-refractivity contribution in [1.29, 1.82) is 0 Å². The molecule has 1 aliphatic rings. The highest BCUT2D eigenvalue weighted by Gasteiger charge is 2.31. The lowest BCUT2D eigenvalue weighted by Gasteiger charge is -2.39. The van der Waals surface area contributed by atoms with Crippen molar-refractivity contribution in [3.05, 3.63) is 53.3 Å². The Morgan fingerprint density at radius 2 is 1.83 bits per heavy atom. The summed E-state index contributed by atoms with van der Waals surface area (Å²) in [6.45, 7) is 2.27. The highest BCUT2D eigenvalue weighted by molar-refractivity contribution is 7.80. The quantitative estimate of drug-likeness (QED) is 0.505.